The first-order valence-corrected chi connectivity index (χ1v) is 10.5. The first kappa shape index (κ1) is 16.7. The molecule has 4 saturated heterocycles. The third kappa shape index (κ3) is 1.53. The zero-order chi connectivity index (χ0) is 20.6. The summed E-state index contributed by atoms with van der Waals surface area (Å²) >= 11 is 0. The molecule has 154 valence electrons. The molecule has 2 spiro atoms. The number of piperazine rings is 1. The van der Waals surface area contributed by atoms with Crippen LogP contribution in [0.5, 0.6) is 11.5 Å². The number of hydrogen-bond acceptors (Lipinski definition) is 5. The summed E-state index contributed by atoms with van der Waals surface area (Å²) in [7, 11) is 0. The second kappa shape index (κ2) is 4.66. The normalized spacial score (nSPS) is 36.3. The van der Waals surface area contributed by atoms with Crippen molar-refractivity contribution in [3.8, 4) is 11.5 Å². The summed E-state index contributed by atoms with van der Waals surface area (Å²) in [5.41, 5.74) is 0.0712. The van der Waals surface area contributed by atoms with Gasteiger partial charge in [0.25, 0.3) is 5.91 Å². The van der Waals surface area contributed by atoms with Gasteiger partial charge in [0.05, 0.1) is 22.6 Å². The monoisotopic (exact) mass is 407 g/mol. The lowest BCUT2D eigenvalue weighted by molar-refractivity contribution is -0.362. The van der Waals surface area contributed by atoms with Crippen LogP contribution in [0.3, 0.4) is 0 Å². The van der Waals surface area contributed by atoms with Crippen LogP contribution >= 0.6 is 0 Å². The van der Waals surface area contributed by atoms with Gasteiger partial charge in [-0.2, -0.15) is 4.74 Å². The summed E-state index contributed by atoms with van der Waals surface area (Å²) in [5.74, 6) is 0.848. The molecule has 3 atom stereocenters. The number of benzene rings is 1. The van der Waals surface area contributed by atoms with E-state index in [9.17, 15) is 14.8 Å². The molecule has 1 aromatic carbocycles. The van der Waals surface area contributed by atoms with E-state index in [0.717, 1.165) is 16.7 Å². The van der Waals surface area contributed by atoms with E-state index < -0.39 is 16.5 Å². The summed E-state index contributed by atoms with van der Waals surface area (Å²) in [6, 6.07) is 3.52. The Balaban J connectivity index is 1.51. The van der Waals surface area contributed by atoms with Crippen LogP contribution in [0.2, 0.25) is 0 Å². The van der Waals surface area contributed by atoms with Crippen LogP contribution in [0.15, 0.2) is 18.2 Å². The number of piperidine rings is 2. The summed E-state index contributed by atoms with van der Waals surface area (Å²) in [5, 5.41) is 16.6. The predicted octanol–water partition coefficient (Wildman–Crippen LogP) is 1.68. The molecule has 1 unspecified atom stereocenters. The van der Waals surface area contributed by atoms with Crippen molar-refractivity contribution < 1.29 is 23.8 Å². The molecule has 2 bridgehead atoms. The number of nitrogens with one attached hydrogen (secondary N) is 1. The highest BCUT2D eigenvalue weighted by Crippen LogP contribution is 2.60. The van der Waals surface area contributed by atoms with E-state index in [0.29, 0.717) is 47.9 Å². The van der Waals surface area contributed by atoms with Gasteiger partial charge in [0.2, 0.25) is 24.1 Å². The van der Waals surface area contributed by atoms with Gasteiger partial charge < -0.3 is 24.9 Å². The van der Waals surface area contributed by atoms with Crippen molar-refractivity contribution in [1.82, 2.24) is 10.2 Å². The third-order valence-corrected chi connectivity index (χ3v) is 8.23. The Kier molecular flexibility index (Phi) is 2.60. The van der Waals surface area contributed by atoms with Gasteiger partial charge in [-0.15, -0.1) is 0 Å². The highest BCUT2D eigenvalue weighted by Gasteiger charge is 2.73. The van der Waals surface area contributed by atoms with E-state index >= 15 is 0 Å². The van der Waals surface area contributed by atoms with Crippen molar-refractivity contribution in [3.05, 3.63) is 29.0 Å². The van der Waals surface area contributed by atoms with Crippen molar-refractivity contribution >= 4 is 28.8 Å². The zero-order valence-electron chi connectivity index (χ0n) is 16.8. The van der Waals surface area contributed by atoms with Crippen LogP contribution in [-0.2, 0) is 9.59 Å². The van der Waals surface area contributed by atoms with Crippen LogP contribution in [0.1, 0.15) is 38.7 Å². The van der Waals surface area contributed by atoms with Gasteiger partial charge in [0, 0.05) is 12.5 Å². The molecular formula is C22H21N3O5. The first-order chi connectivity index (χ1) is 14.3. The maximum Gasteiger partial charge on any atom is 0.253 e. The minimum Gasteiger partial charge on any atom is -0.618 e. The maximum absolute atomic E-state index is 13.7. The Hall–Kier alpha value is -3.03. The second-order valence-electron chi connectivity index (χ2n) is 9.82. The molecule has 0 saturated carbocycles. The molecule has 30 heavy (non-hydrogen) atoms. The molecule has 1 N–H and O–H groups in total. The molecule has 4 fully saturated rings. The smallest absolute Gasteiger partial charge is 0.253 e. The Morgan fingerprint density at radius 2 is 2.00 bits per heavy atom. The van der Waals surface area contributed by atoms with Gasteiger partial charge in [-0.1, -0.05) is 0 Å². The van der Waals surface area contributed by atoms with E-state index in [1.54, 1.807) is 11.0 Å². The molecule has 1 aliphatic carbocycles. The van der Waals surface area contributed by atoms with Crippen LogP contribution in [0.4, 0.5) is 5.69 Å². The lowest BCUT2D eigenvalue weighted by atomic mass is 9.51. The Bertz CT molecular complexity index is 1170. The van der Waals surface area contributed by atoms with Crippen molar-refractivity contribution in [3.63, 3.8) is 0 Å². The fraction of sp³-hybridized carbons (Fsp3) is 0.500. The number of hydrogen-bond donors (Lipinski definition) is 1. The summed E-state index contributed by atoms with van der Waals surface area (Å²) in [6.07, 6.45) is 3.94. The average molecular weight is 407 g/mol. The Labute approximate surface area is 172 Å². The number of nitrogens with zero attached hydrogens (tertiary/aromatic N) is 2. The van der Waals surface area contributed by atoms with Crippen molar-refractivity contribution in [2.75, 3.05) is 13.3 Å². The zero-order valence-corrected chi connectivity index (χ0v) is 16.8. The second-order valence-corrected chi connectivity index (χ2v) is 9.82. The number of carbonyl (C=O) groups is 2. The van der Waals surface area contributed by atoms with E-state index in [-0.39, 0.29) is 24.5 Å². The molecule has 8 heteroatoms. The van der Waals surface area contributed by atoms with Gasteiger partial charge in [-0.3, -0.25) is 9.59 Å². The van der Waals surface area contributed by atoms with Crippen LogP contribution < -0.4 is 14.8 Å². The SMILES string of the molecule is CC1(C)C2=[N+]([O-])c3cc4c(cc3C2=C[C@@]23NC(=O)C5(CCCN5C2=O)C[C@@H]13)OCO4. The first-order valence-electron chi connectivity index (χ1n) is 10.5. The summed E-state index contributed by atoms with van der Waals surface area (Å²) in [6.45, 7) is 4.78. The van der Waals surface area contributed by atoms with Crippen molar-refractivity contribution in [1.29, 1.82) is 0 Å². The minimum atomic E-state index is -1.12. The molecule has 2 amide bonds. The molecule has 0 radical (unpaired) electrons. The molecule has 6 heterocycles. The summed E-state index contributed by atoms with van der Waals surface area (Å²) in [4.78, 5) is 28.7. The largest absolute Gasteiger partial charge is 0.618 e. The number of carbonyl (C=O) groups excluding carboxylic acids is 2. The molecule has 8 nitrogen and oxygen atoms in total. The average Bonchev–Trinajstić information content (AvgIpc) is 3.39. The summed E-state index contributed by atoms with van der Waals surface area (Å²) < 4.78 is 12.0. The highest BCUT2D eigenvalue weighted by molar-refractivity contribution is 6.30. The van der Waals surface area contributed by atoms with Gasteiger partial charge >= 0.3 is 0 Å². The van der Waals surface area contributed by atoms with Crippen molar-refractivity contribution in [2.24, 2.45) is 11.3 Å². The van der Waals surface area contributed by atoms with Gasteiger partial charge in [0.15, 0.2) is 11.5 Å². The number of fused-ring (bicyclic) bond motifs is 5. The van der Waals surface area contributed by atoms with E-state index in [1.165, 1.54) is 0 Å². The third-order valence-electron chi connectivity index (χ3n) is 8.23. The molecule has 1 aromatic rings. The van der Waals surface area contributed by atoms with E-state index in [1.807, 2.05) is 26.0 Å². The van der Waals surface area contributed by atoms with E-state index in [4.69, 9.17) is 9.47 Å². The minimum absolute atomic E-state index is 0.0397. The molecule has 0 aromatic heterocycles. The number of allylic oxidation sites excluding steroid dienone is 1. The number of rotatable bonds is 0. The number of ether oxygens (including phenoxy) is 2. The molecule has 8 rings (SSSR count). The lowest BCUT2D eigenvalue weighted by Crippen LogP contribution is -2.83. The molecular weight excluding hydrogens is 386 g/mol. The van der Waals surface area contributed by atoms with Crippen LogP contribution in [-0.4, -0.2) is 51.6 Å². The highest BCUT2D eigenvalue weighted by atomic mass is 16.7. The topological polar surface area (TPSA) is 93.9 Å². The lowest BCUT2D eigenvalue weighted by Gasteiger charge is -2.62. The van der Waals surface area contributed by atoms with Crippen LogP contribution in [0.25, 0.3) is 5.57 Å². The fourth-order valence-corrected chi connectivity index (χ4v) is 6.87. The number of amides is 2. The van der Waals surface area contributed by atoms with E-state index in [2.05, 4.69) is 5.32 Å². The van der Waals surface area contributed by atoms with Crippen molar-refractivity contribution in [2.45, 2.75) is 44.2 Å². The van der Waals surface area contributed by atoms with Gasteiger partial charge in [0.1, 0.15) is 11.1 Å². The Morgan fingerprint density at radius 1 is 1.23 bits per heavy atom. The standard InChI is InChI=1S/C22H21N3O5/c1-20(2)16-9-21-4-3-5-24(21)19(27)22(16,23-18(21)26)8-12-11-6-14-15(30-10-29-14)7-13(11)25(28)17(12)20/h6-8,16H,3-5,9-10H2,1-2H3,(H,23,26)/t16-,21?,22-/m0/s1. The quantitative estimate of drug-likeness (QED) is 0.522. The Morgan fingerprint density at radius 3 is 2.80 bits per heavy atom. The molecule has 7 aliphatic rings. The fourth-order valence-electron chi connectivity index (χ4n) is 6.87. The van der Waals surface area contributed by atoms with Crippen LogP contribution in [0, 0.1) is 16.5 Å². The van der Waals surface area contributed by atoms with Gasteiger partial charge in [-0.25, -0.2) is 0 Å². The maximum atomic E-state index is 13.7. The predicted molar refractivity (Wildman–Crippen MR) is 105 cm³/mol. The van der Waals surface area contributed by atoms with Gasteiger partial charge in [-0.05, 0) is 45.3 Å². The molecule has 6 aliphatic heterocycles.